The van der Waals surface area contributed by atoms with Gasteiger partial charge in [-0.2, -0.15) is 0 Å². The molecule has 22 rings (SSSR count). The minimum atomic E-state index is -0.291. The van der Waals surface area contributed by atoms with Gasteiger partial charge in [-0.05, 0) is 160 Å². The minimum absolute atomic E-state index is 0.291. The van der Waals surface area contributed by atoms with Crippen LogP contribution in [0, 0.1) is 0 Å². The van der Waals surface area contributed by atoms with E-state index in [1.807, 2.05) is 0 Å². The van der Waals surface area contributed by atoms with Gasteiger partial charge in [0.2, 0.25) is 0 Å². The molecule has 0 saturated heterocycles. The summed E-state index contributed by atoms with van der Waals surface area (Å²) >= 11 is 0. The lowest BCUT2D eigenvalue weighted by Gasteiger charge is -2.46. The molecule has 0 radical (unpaired) electrons. The Hall–Kier alpha value is -13.5. The first-order chi connectivity index (χ1) is 51.1. The van der Waals surface area contributed by atoms with E-state index in [1.165, 1.54) is 86.6 Å². The van der Waals surface area contributed by atoms with Crippen molar-refractivity contribution in [1.29, 1.82) is 0 Å². The smallest absolute Gasteiger partial charge is 0.252 e. The summed E-state index contributed by atoms with van der Waals surface area (Å²) in [5.41, 5.74) is 28.4. The number of rotatable bonds is 9. The number of benzene rings is 18. The zero-order chi connectivity index (χ0) is 67.4. The van der Waals surface area contributed by atoms with Crippen LogP contribution in [-0.2, 0) is 0 Å². The zero-order valence-corrected chi connectivity index (χ0v) is 56.1. The van der Waals surface area contributed by atoms with Gasteiger partial charge in [0.25, 0.3) is 6.71 Å². The normalized spacial score (nSPS) is 12.6. The molecule has 0 fully saturated rings. The van der Waals surface area contributed by atoms with E-state index in [-0.39, 0.29) is 6.71 Å². The van der Waals surface area contributed by atoms with Gasteiger partial charge in [-0.1, -0.05) is 303 Å². The molecule has 20 aromatic rings. The van der Waals surface area contributed by atoms with E-state index in [0.717, 1.165) is 118 Å². The van der Waals surface area contributed by atoms with Crippen molar-refractivity contribution in [2.45, 2.75) is 0 Å². The highest BCUT2D eigenvalue weighted by Gasteiger charge is 2.46. The Kier molecular flexibility index (Phi) is 12.6. The summed E-state index contributed by atoms with van der Waals surface area (Å²) in [6.45, 7) is -0.291. The molecule has 0 amide bonds. The molecule has 476 valence electrons. The molecule has 0 N–H and O–H groups in total. The molecule has 0 aliphatic carbocycles. The molecule has 2 aliphatic rings. The van der Waals surface area contributed by atoms with Gasteiger partial charge in [0.15, 0.2) is 0 Å². The summed E-state index contributed by atoms with van der Waals surface area (Å²) in [6, 6.07) is 139. The van der Waals surface area contributed by atoms with Gasteiger partial charge in [-0.15, -0.1) is 0 Å². The molecule has 18 aromatic carbocycles. The van der Waals surface area contributed by atoms with Gasteiger partial charge < -0.3 is 18.9 Å². The molecule has 0 unspecified atom stereocenters. The summed E-state index contributed by atoms with van der Waals surface area (Å²) < 4.78 is 5.03. The van der Waals surface area contributed by atoms with Crippen molar-refractivity contribution in [1.82, 2.24) is 9.13 Å². The fourth-order valence-corrected chi connectivity index (χ4v) is 18.1. The highest BCUT2D eigenvalue weighted by molar-refractivity contribution is 7.00. The molecule has 2 aromatic heterocycles. The van der Waals surface area contributed by atoms with Crippen molar-refractivity contribution in [2.75, 3.05) is 9.80 Å². The van der Waals surface area contributed by atoms with E-state index in [1.54, 1.807) is 0 Å². The van der Waals surface area contributed by atoms with Gasteiger partial charge in [-0.25, -0.2) is 0 Å². The third kappa shape index (κ3) is 8.54. The molecule has 0 bridgehead atoms. The summed E-state index contributed by atoms with van der Waals surface area (Å²) in [6.07, 6.45) is 0. The fraction of sp³-hybridized carbons (Fsp3) is 0. The third-order valence-corrected chi connectivity index (χ3v) is 22.4. The van der Waals surface area contributed by atoms with Crippen LogP contribution in [0.4, 0.5) is 34.1 Å². The lowest BCUT2D eigenvalue weighted by atomic mass is 9.33. The molecule has 103 heavy (non-hydrogen) atoms. The van der Waals surface area contributed by atoms with E-state index in [9.17, 15) is 0 Å². The number of para-hydroxylation sites is 6. The van der Waals surface area contributed by atoms with Crippen LogP contribution in [0.15, 0.2) is 370 Å². The van der Waals surface area contributed by atoms with Crippen LogP contribution in [0.3, 0.4) is 0 Å². The maximum Gasteiger partial charge on any atom is 0.252 e. The second-order valence-electron chi connectivity index (χ2n) is 27.8. The number of nitrogens with zero attached hydrogens (tertiary/aromatic N) is 4. The lowest BCUT2D eigenvalue weighted by Crippen LogP contribution is -2.61. The van der Waals surface area contributed by atoms with Crippen LogP contribution in [-0.4, -0.2) is 15.8 Å². The van der Waals surface area contributed by atoms with Crippen LogP contribution >= 0.6 is 0 Å². The van der Waals surface area contributed by atoms with E-state index in [2.05, 4.69) is 389 Å². The molecule has 0 spiro atoms. The number of fused-ring (bicyclic) bond motifs is 12. The van der Waals surface area contributed by atoms with Crippen LogP contribution in [0.1, 0.15) is 0 Å². The lowest BCUT2D eigenvalue weighted by molar-refractivity contribution is 1.15. The Balaban J connectivity index is 0.924. The Bertz CT molecular complexity index is 6650. The zero-order valence-electron chi connectivity index (χ0n) is 56.1. The predicted octanol–water partition coefficient (Wildman–Crippen LogP) is 24.3. The number of hydrogen-bond donors (Lipinski definition) is 0. The van der Waals surface area contributed by atoms with Gasteiger partial charge in [0, 0.05) is 72.2 Å². The van der Waals surface area contributed by atoms with E-state index in [4.69, 9.17) is 0 Å². The number of anilines is 6. The molecular weight excluding hydrogens is 1240 g/mol. The number of hydrogen-bond acceptors (Lipinski definition) is 2. The first-order valence-electron chi connectivity index (χ1n) is 35.8. The maximum absolute atomic E-state index is 2.70. The first-order valence-corrected chi connectivity index (χ1v) is 35.8. The van der Waals surface area contributed by atoms with Crippen LogP contribution in [0.2, 0.25) is 0 Å². The van der Waals surface area contributed by atoms with Crippen LogP contribution < -0.4 is 26.2 Å². The Labute approximate surface area is 596 Å². The Morgan fingerprint density at radius 2 is 0.583 bits per heavy atom. The quantitative estimate of drug-likeness (QED) is 0.0814. The summed E-state index contributed by atoms with van der Waals surface area (Å²) in [4.78, 5) is 5.38. The molecule has 4 nitrogen and oxygen atoms in total. The van der Waals surface area contributed by atoms with E-state index < -0.39 is 0 Å². The van der Waals surface area contributed by atoms with Gasteiger partial charge in [0.1, 0.15) is 0 Å². The molecule has 4 heterocycles. The number of aromatic nitrogens is 2. The molecule has 0 saturated carbocycles. The summed E-state index contributed by atoms with van der Waals surface area (Å²) in [5, 5.41) is 15.1. The largest absolute Gasteiger partial charge is 0.310 e. The van der Waals surface area contributed by atoms with E-state index in [0.29, 0.717) is 0 Å². The van der Waals surface area contributed by atoms with E-state index >= 15 is 0 Å². The van der Waals surface area contributed by atoms with Crippen molar-refractivity contribution < 1.29 is 0 Å². The van der Waals surface area contributed by atoms with Crippen molar-refractivity contribution in [2.24, 2.45) is 0 Å². The molecule has 2 aliphatic heterocycles. The van der Waals surface area contributed by atoms with Gasteiger partial charge in [0.05, 0.1) is 39.1 Å². The predicted molar refractivity (Wildman–Crippen MR) is 438 cm³/mol. The standard InChI is InChI=1S/C98H61BN4/c1-5-26-62(27-6-1)72-41-24-42-73(63-28-7-2-8-29-63)97(72)102-90-55-52-67(69-56-68-36-23-46-81-80-45-21-34-66-35-22-47-82(94(66)80)83(57-69)95(68)81)58-85(90)99-84-54-53-70(100-86-48-17-13-37-76(86)77-38-14-18-49-87(77)100)59-91(84)103(98-74(64-30-9-3-10-31-64)43-25-44-75(98)65-32-11-4-12-33-65)93-61-71(60-92(102)96(93)99)101-88-50-19-15-39-78(88)79-40-16-20-51-89(79)101/h1-61H. The monoisotopic (exact) mass is 1300 g/mol. The van der Waals surface area contributed by atoms with Gasteiger partial charge in [-0.3, -0.25) is 0 Å². The van der Waals surface area contributed by atoms with Crippen molar-refractivity contribution in [3.63, 3.8) is 0 Å². The van der Waals surface area contributed by atoms with Crippen molar-refractivity contribution >= 4 is 144 Å². The van der Waals surface area contributed by atoms with Crippen LogP contribution in [0.5, 0.6) is 0 Å². The Morgan fingerprint density at radius 3 is 1.06 bits per heavy atom. The molecule has 5 heteroatoms. The molecule has 0 atom stereocenters. The Morgan fingerprint density at radius 1 is 0.204 bits per heavy atom. The van der Waals surface area contributed by atoms with Crippen molar-refractivity contribution in [3.8, 4) is 67.0 Å². The summed E-state index contributed by atoms with van der Waals surface area (Å²) in [5.74, 6) is 0. The first kappa shape index (κ1) is 57.4. The highest BCUT2D eigenvalue weighted by atomic mass is 15.2. The average Bonchev–Trinajstić information content (AvgIpc) is 1.12. The topological polar surface area (TPSA) is 16.3 Å². The molecular formula is C98H61BN4. The highest BCUT2D eigenvalue weighted by Crippen LogP contribution is 2.55. The second-order valence-corrected chi connectivity index (χ2v) is 27.8. The second kappa shape index (κ2) is 22.5. The third-order valence-electron chi connectivity index (χ3n) is 22.4. The SMILES string of the molecule is c1ccc(-c2cccc(-c3ccccc3)c2N2c3ccc(-c4cc5cccc6c7cccc8cccc(c(c4)c56)c87)cc3B3c4ccc(-n5c6ccccc6c6ccccc65)cc4N(c4c(-c5ccccc5)cccc4-c4ccccc4)c4cc(-n5c6ccccc6c6ccccc65)cc2c43)cc1. The van der Waals surface area contributed by atoms with Crippen LogP contribution in [0.25, 0.3) is 154 Å². The van der Waals surface area contributed by atoms with Gasteiger partial charge >= 0.3 is 0 Å². The van der Waals surface area contributed by atoms with Crippen molar-refractivity contribution in [3.05, 3.63) is 370 Å². The fourth-order valence-electron chi connectivity index (χ4n) is 18.1. The maximum atomic E-state index is 2.70. The minimum Gasteiger partial charge on any atom is -0.310 e. The average molecular weight is 1310 g/mol. The summed E-state index contributed by atoms with van der Waals surface area (Å²) in [7, 11) is 0.